The molecule has 3 heteroatoms. The first-order chi connectivity index (χ1) is 9.85. The van der Waals surface area contributed by atoms with Gasteiger partial charge in [-0.05, 0) is 50.0 Å². The quantitative estimate of drug-likeness (QED) is 0.859. The number of rotatable bonds is 6. The Kier molecular flexibility index (Phi) is 4.56. The predicted octanol–water partition coefficient (Wildman–Crippen LogP) is 3.68. The molecule has 1 N–H and O–H groups in total. The van der Waals surface area contributed by atoms with Gasteiger partial charge < -0.3 is 10.1 Å². The zero-order valence-corrected chi connectivity index (χ0v) is 12.5. The van der Waals surface area contributed by atoms with E-state index in [0.29, 0.717) is 12.0 Å². The van der Waals surface area contributed by atoms with E-state index >= 15 is 0 Å². The van der Waals surface area contributed by atoms with Gasteiger partial charge in [-0.1, -0.05) is 19.4 Å². The smallest absolute Gasteiger partial charge is 0.213 e. The van der Waals surface area contributed by atoms with Crippen LogP contribution in [0.1, 0.15) is 57.4 Å². The number of pyridine rings is 1. The average Bonchev–Trinajstić information content (AvgIpc) is 3.31. The average molecular weight is 274 g/mol. The second kappa shape index (κ2) is 6.57. The molecule has 2 saturated carbocycles. The molecule has 110 valence electrons. The van der Waals surface area contributed by atoms with E-state index < -0.39 is 0 Å². The van der Waals surface area contributed by atoms with E-state index in [4.69, 9.17) is 4.74 Å². The summed E-state index contributed by atoms with van der Waals surface area (Å²) < 4.78 is 6.12. The number of hydrogen-bond acceptors (Lipinski definition) is 3. The molecule has 2 aliphatic rings. The lowest BCUT2D eigenvalue weighted by molar-refractivity contribution is 0.0858. The molecule has 0 amide bonds. The van der Waals surface area contributed by atoms with Gasteiger partial charge in [0.25, 0.3) is 0 Å². The molecular weight excluding hydrogens is 248 g/mol. The fourth-order valence-electron chi connectivity index (χ4n) is 3.09. The Morgan fingerprint density at radius 3 is 2.75 bits per heavy atom. The molecule has 2 atom stereocenters. The first-order valence-corrected chi connectivity index (χ1v) is 8.20. The molecule has 20 heavy (non-hydrogen) atoms. The van der Waals surface area contributed by atoms with Crippen molar-refractivity contribution in [1.29, 1.82) is 0 Å². The summed E-state index contributed by atoms with van der Waals surface area (Å²) in [5.74, 6) is 1.51. The lowest BCUT2D eigenvalue weighted by Crippen LogP contribution is -2.30. The molecule has 3 rings (SSSR count). The van der Waals surface area contributed by atoms with Crippen molar-refractivity contribution in [3.05, 3.63) is 23.9 Å². The maximum atomic E-state index is 6.12. The number of nitrogens with zero attached hydrogens (tertiary/aromatic N) is 1. The molecule has 1 heterocycles. The minimum absolute atomic E-state index is 0.372. The van der Waals surface area contributed by atoms with Crippen molar-refractivity contribution in [2.75, 3.05) is 0 Å². The summed E-state index contributed by atoms with van der Waals surface area (Å²) in [6, 6.07) is 4.92. The summed E-state index contributed by atoms with van der Waals surface area (Å²) in [4.78, 5) is 4.48. The lowest BCUT2D eigenvalue weighted by Gasteiger charge is -2.30. The van der Waals surface area contributed by atoms with Crippen molar-refractivity contribution in [3.63, 3.8) is 0 Å². The monoisotopic (exact) mass is 274 g/mol. The molecular formula is C17H26N2O. The third-order valence-corrected chi connectivity index (χ3v) is 4.61. The van der Waals surface area contributed by atoms with Crippen LogP contribution in [0.4, 0.5) is 0 Å². The molecule has 1 aromatic rings. The molecule has 3 nitrogen and oxygen atoms in total. The highest BCUT2D eigenvalue weighted by molar-refractivity contribution is 5.18. The highest BCUT2D eigenvalue weighted by Gasteiger charge is 2.25. The predicted molar refractivity (Wildman–Crippen MR) is 80.8 cm³/mol. The zero-order valence-electron chi connectivity index (χ0n) is 12.5. The van der Waals surface area contributed by atoms with E-state index in [1.807, 2.05) is 12.3 Å². The van der Waals surface area contributed by atoms with Crippen LogP contribution < -0.4 is 10.1 Å². The van der Waals surface area contributed by atoms with E-state index in [9.17, 15) is 0 Å². The Balaban J connectivity index is 1.53. The Morgan fingerprint density at radius 2 is 2.05 bits per heavy atom. The van der Waals surface area contributed by atoms with Gasteiger partial charge in [-0.25, -0.2) is 4.98 Å². The molecule has 0 aromatic carbocycles. The molecule has 0 saturated heterocycles. The number of nitrogens with one attached hydrogen (secondary N) is 1. The molecule has 1 aromatic heterocycles. The van der Waals surface area contributed by atoms with Gasteiger partial charge in [0.05, 0.1) is 0 Å². The third kappa shape index (κ3) is 3.72. The maximum absolute atomic E-state index is 6.12. The Morgan fingerprint density at radius 1 is 1.20 bits per heavy atom. The van der Waals surface area contributed by atoms with E-state index in [2.05, 4.69) is 23.3 Å². The van der Waals surface area contributed by atoms with Crippen molar-refractivity contribution in [2.45, 2.75) is 70.6 Å². The van der Waals surface area contributed by atoms with Crippen molar-refractivity contribution >= 4 is 0 Å². The van der Waals surface area contributed by atoms with E-state index in [-0.39, 0.29) is 0 Å². The number of aromatic nitrogens is 1. The van der Waals surface area contributed by atoms with Crippen LogP contribution in [0.3, 0.4) is 0 Å². The topological polar surface area (TPSA) is 34.1 Å². The van der Waals surface area contributed by atoms with Crippen molar-refractivity contribution in [1.82, 2.24) is 10.3 Å². The van der Waals surface area contributed by atoms with Gasteiger partial charge in [-0.3, -0.25) is 0 Å². The molecule has 2 aliphatic carbocycles. The summed E-state index contributed by atoms with van der Waals surface area (Å²) in [7, 11) is 0. The largest absolute Gasteiger partial charge is 0.474 e. The zero-order chi connectivity index (χ0) is 13.8. The fraction of sp³-hybridized carbons (Fsp3) is 0.706. The van der Waals surface area contributed by atoms with Crippen molar-refractivity contribution in [3.8, 4) is 5.88 Å². The van der Waals surface area contributed by atoms with Crippen LogP contribution in [-0.4, -0.2) is 17.1 Å². The second-order valence-corrected chi connectivity index (χ2v) is 6.27. The van der Waals surface area contributed by atoms with Gasteiger partial charge in [-0.15, -0.1) is 0 Å². The van der Waals surface area contributed by atoms with Crippen LogP contribution in [0.25, 0.3) is 0 Å². The van der Waals surface area contributed by atoms with Crippen LogP contribution in [0.5, 0.6) is 5.88 Å². The van der Waals surface area contributed by atoms with Gasteiger partial charge in [0.15, 0.2) is 0 Å². The maximum Gasteiger partial charge on any atom is 0.213 e. The summed E-state index contributed by atoms with van der Waals surface area (Å²) in [6.07, 6.45) is 11.3. The Bertz CT molecular complexity index is 414. The summed E-state index contributed by atoms with van der Waals surface area (Å²) in [5.41, 5.74) is 1.25. The van der Waals surface area contributed by atoms with Crippen molar-refractivity contribution in [2.24, 2.45) is 5.92 Å². The van der Waals surface area contributed by atoms with E-state index in [1.165, 1.54) is 50.5 Å². The van der Waals surface area contributed by atoms with Crippen LogP contribution in [0, 0.1) is 5.92 Å². The highest BCUT2D eigenvalue weighted by Crippen LogP contribution is 2.29. The first kappa shape index (κ1) is 13.9. The molecule has 2 unspecified atom stereocenters. The Hall–Kier alpha value is -1.09. The molecule has 0 spiro atoms. The van der Waals surface area contributed by atoms with Crippen LogP contribution in [0.2, 0.25) is 0 Å². The van der Waals surface area contributed by atoms with Gasteiger partial charge in [0.2, 0.25) is 5.88 Å². The van der Waals surface area contributed by atoms with Gasteiger partial charge in [0.1, 0.15) is 6.10 Å². The second-order valence-electron chi connectivity index (χ2n) is 6.27. The summed E-state index contributed by atoms with van der Waals surface area (Å²) in [5, 5.41) is 3.51. The van der Waals surface area contributed by atoms with Gasteiger partial charge in [-0.2, -0.15) is 0 Å². The molecule has 0 radical (unpaired) electrons. The van der Waals surface area contributed by atoms with Crippen LogP contribution in [0.15, 0.2) is 18.3 Å². The van der Waals surface area contributed by atoms with E-state index in [0.717, 1.165) is 18.5 Å². The van der Waals surface area contributed by atoms with Crippen LogP contribution in [-0.2, 0) is 6.54 Å². The van der Waals surface area contributed by atoms with Gasteiger partial charge >= 0.3 is 0 Å². The van der Waals surface area contributed by atoms with E-state index in [1.54, 1.807) is 0 Å². The lowest BCUT2D eigenvalue weighted by atomic mass is 9.85. The van der Waals surface area contributed by atoms with Crippen molar-refractivity contribution < 1.29 is 4.74 Å². The Labute approximate surface area is 122 Å². The third-order valence-electron chi connectivity index (χ3n) is 4.61. The summed E-state index contributed by atoms with van der Waals surface area (Å²) in [6.45, 7) is 3.20. The SMILES string of the molecule is CCC1CCCCC1Oc1ccc(CNC2CC2)cn1. The highest BCUT2D eigenvalue weighted by atomic mass is 16.5. The summed E-state index contributed by atoms with van der Waals surface area (Å²) >= 11 is 0. The van der Waals surface area contributed by atoms with Gasteiger partial charge in [0, 0.05) is 24.8 Å². The molecule has 2 fully saturated rings. The molecule has 0 aliphatic heterocycles. The fourth-order valence-corrected chi connectivity index (χ4v) is 3.09. The number of ether oxygens (including phenoxy) is 1. The van der Waals surface area contributed by atoms with Crippen LogP contribution >= 0.6 is 0 Å². The standard InChI is InChI=1S/C17H26N2O/c1-2-14-5-3-4-6-16(14)20-17-10-7-13(12-19-17)11-18-15-8-9-15/h7,10,12,14-16,18H,2-6,8-9,11H2,1H3. The minimum Gasteiger partial charge on any atom is -0.474 e. The first-order valence-electron chi connectivity index (χ1n) is 8.20. The molecule has 0 bridgehead atoms. The minimum atomic E-state index is 0.372. The number of hydrogen-bond donors (Lipinski definition) is 1. The normalized spacial score (nSPS) is 26.4.